The molecule has 3 rings (SSSR count). The Bertz CT molecular complexity index is 769. The largest absolute Gasteiger partial charge is 0.495 e. The van der Waals surface area contributed by atoms with E-state index >= 15 is 0 Å². The molecule has 0 aliphatic carbocycles. The number of piperidine rings is 1. The molecule has 146 valence electrons. The van der Waals surface area contributed by atoms with E-state index in [2.05, 4.69) is 51.5 Å². The van der Waals surface area contributed by atoms with Crippen LogP contribution >= 0.6 is 11.3 Å². The summed E-state index contributed by atoms with van der Waals surface area (Å²) < 4.78 is 5.53. The van der Waals surface area contributed by atoms with Crippen LogP contribution in [0.4, 0.5) is 5.69 Å². The molecular formula is C20H29N5OS. The SMILES string of the molecule is CN=C(NCc1nc(C)c(C)s1)NC1CCCN(c2ccccc2OC)C1. The Labute approximate surface area is 165 Å². The van der Waals surface area contributed by atoms with E-state index in [-0.39, 0.29) is 0 Å². The molecule has 1 atom stereocenters. The minimum absolute atomic E-state index is 0.342. The number of nitrogens with one attached hydrogen (secondary N) is 2. The van der Waals surface area contributed by atoms with Crippen LogP contribution in [-0.2, 0) is 6.54 Å². The average Bonchev–Trinajstić information content (AvgIpc) is 3.02. The molecule has 0 bridgehead atoms. The van der Waals surface area contributed by atoms with E-state index in [1.807, 2.05) is 19.2 Å². The molecule has 6 nitrogen and oxygen atoms in total. The van der Waals surface area contributed by atoms with Gasteiger partial charge < -0.3 is 20.3 Å². The third kappa shape index (κ3) is 4.91. The number of hydrogen-bond donors (Lipinski definition) is 2. The van der Waals surface area contributed by atoms with Crippen LogP contribution < -0.4 is 20.3 Å². The lowest BCUT2D eigenvalue weighted by atomic mass is 10.0. The summed E-state index contributed by atoms with van der Waals surface area (Å²) in [5.41, 5.74) is 2.27. The lowest BCUT2D eigenvalue weighted by molar-refractivity contribution is 0.408. The van der Waals surface area contributed by atoms with Crippen molar-refractivity contribution in [2.75, 3.05) is 32.1 Å². The fraction of sp³-hybridized carbons (Fsp3) is 0.500. The van der Waals surface area contributed by atoms with Crippen molar-refractivity contribution < 1.29 is 4.74 Å². The summed E-state index contributed by atoms with van der Waals surface area (Å²) in [7, 11) is 3.54. The predicted octanol–water partition coefficient (Wildman–Crippen LogP) is 3.10. The van der Waals surface area contributed by atoms with Gasteiger partial charge >= 0.3 is 0 Å². The molecule has 2 heterocycles. The summed E-state index contributed by atoms with van der Waals surface area (Å²) in [6.07, 6.45) is 2.26. The van der Waals surface area contributed by atoms with Crippen molar-refractivity contribution in [2.45, 2.75) is 39.3 Å². The number of benzene rings is 1. The third-order valence-electron chi connectivity index (χ3n) is 4.89. The third-order valence-corrected chi connectivity index (χ3v) is 5.96. The van der Waals surface area contributed by atoms with Gasteiger partial charge in [0.15, 0.2) is 5.96 Å². The predicted molar refractivity (Wildman–Crippen MR) is 113 cm³/mol. The molecule has 0 radical (unpaired) electrons. The van der Waals surface area contributed by atoms with Gasteiger partial charge in [0.1, 0.15) is 10.8 Å². The maximum absolute atomic E-state index is 5.53. The lowest BCUT2D eigenvalue weighted by Gasteiger charge is -2.36. The molecule has 1 unspecified atom stereocenters. The van der Waals surface area contributed by atoms with E-state index in [0.717, 1.165) is 54.0 Å². The van der Waals surface area contributed by atoms with E-state index < -0.39 is 0 Å². The Morgan fingerprint density at radius 3 is 2.89 bits per heavy atom. The second-order valence-electron chi connectivity index (χ2n) is 6.78. The van der Waals surface area contributed by atoms with Crippen molar-refractivity contribution in [1.82, 2.24) is 15.6 Å². The zero-order chi connectivity index (χ0) is 19.2. The summed E-state index contributed by atoms with van der Waals surface area (Å²) >= 11 is 1.74. The van der Waals surface area contributed by atoms with Crippen molar-refractivity contribution in [3.05, 3.63) is 39.8 Å². The standard InChI is InChI=1S/C20H29N5OS/c1-14-15(2)27-19(23-14)12-22-20(21-3)24-16-8-7-11-25(13-16)17-9-5-6-10-18(17)26-4/h5-6,9-10,16H,7-8,11-13H2,1-4H3,(H2,21,22,24). The number of aliphatic imine (C=N–C) groups is 1. The first-order chi connectivity index (χ1) is 13.1. The molecule has 0 saturated carbocycles. The number of aromatic nitrogens is 1. The summed E-state index contributed by atoms with van der Waals surface area (Å²) in [6, 6.07) is 8.56. The summed E-state index contributed by atoms with van der Waals surface area (Å²) in [5.74, 6) is 1.75. The number of para-hydroxylation sites is 2. The van der Waals surface area contributed by atoms with Gasteiger partial charge in [-0.15, -0.1) is 11.3 Å². The Hall–Kier alpha value is -2.28. The van der Waals surface area contributed by atoms with Gasteiger partial charge in [0.05, 0.1) is 25.0 Å². The van der Waals surface area contributed by atoms with Crippen LogP contribution in [0.15, 0.2) is 29.3 Å². The van der Waals surface area contributed by atoms with Gasteiger partial charge in [-0.1, -0.05) is 12.1 Å². The number of anilines is 1. The van der Waals surface area contributed by atoms with Crippen molar-refractivity contribution >= 4 is 23.0 Å². The van der Waals surface area contributed by atoms with E-state index in [9.17, 15) is 0 Å². The Morgan fingerprint density at radius 1 is 1.37 bits per heavy atom. The highest BCUT2D eigenvalue weighted by Gasteiger charge is 2.22. The van der Waals surface area contributed by atoms with Crippen molar-refractivity contribution in [1.29, 1.82) is 0 Å². The molecule has 1 aliphatic heterocycles. The molecule has 1 aromatic carbocycles. The lowest BCUT2D eigenvalue weighted by Crippen LogP contribution is -2.51. The summed E-state index contributed by atoms with van der Waals surface area (Å²) in [5, 5.41) is 8.05. The number of ether oxygens (including phenoxy) is 1. The Morgan fingerprint density at radius 2 is 2.19 bits per heavy atom. The number of methoxy groups -OCH3 is 1. The van der Waals surface area contributed by atoms with Crippen LogP contribution in [-0.4, -0.2) is 44.2 Å². The fourth-order valence-corrected chi connectivity index (χ4v) is 4.24. The van der Waals surface area contributed by atoms with Gasteiger partial charge in [-0.25, -0.2) is 4.98 Å². The second-order valence-corrected chi connectivity index (χ2v) is 8.06. The van der Waals surface area contributed by atoms with Gasteiger partial charge in [0, 0.05) is 31.1 Å². The van der Waals surface area contributed by atoms with Crippen molar-refractivity contribution in [3.8, 4) is 5.75 Å². The zero-order valence-electron chi connectivity index (χ0n) is 16.6. The van der Waals surface area contributed by atoms with Gasteiger partial charge in [-0.05, 0) is 38.8 Å². The first-order valence-corrected chi connectivity index (χ1v) is 10.2. The Balaban J connectivity index is 1.58. The summed E-state index contributed by atoms with van der Waals surface area (Å²) in [6.45, 7) is 6.83. The molecule has 1 aromatic heterocycles. The highest BCUT2D eigenvalue weighted by molar-refractivity contribution is 7.11. The number of rotatable bonds is 5. The average molecular weight is 388 g/mol. The van der Waals surface area contributed by atoms with Crippen molar-refractivity contribution in [2.24, 2.45) is 4.99 Å². The van der Waals surface area contributed by atoms with Gasteiger partial charge in [-0.3, -0.25) is 4.99 Å². The molecular weight excluding hydrogens is 358 g/mol. The van der Waals surface area contributed by atoms with Crippen LogP contribution in [0.2, 0.25) is 0 Å². The zero-order valence-corrected chi connectivity index (χ0v) is 17.4. The van der Waals surface area contributed by atoms with Gasteiger partial charge in [0.2, 0.25) is 0 Å². The monoisotopic (exact) mass is 387 g/mol. The molecule has 0 spiro atoms. The fourth-order valence-electron chi connectivity index (χ4n) is 3.37. The maximum Gasteiger partial charge on any atom is 0.191 e. The molecule has 2 N–H and O–H groups in total. The van der Waals surface area contributed by atoms with Crippen LogP contribution in [0.5, 0.6) is 5.75 Å². The smallest absolute Gasteiger partial charge is 0.191 e. The van der Waals surface area contributed by atoms with Crippen LogP contribution in [0.1, 0.15) is 28.4 Å². The van der Waals surface area contributed by atoms with Crippen molar-refractivity contribution in [3.63, 3.8) is 0 Å². The van der Waals surface area contributed by atoms with E-state index in [4.69, 9.17) is 4.74 Å². The molecule has 1 aliphatic rings. The van der Waals surface area contributed by atoms with Gasteiger partial charge in [-0.2, -0.15) is 0 Å². The van der Waals surface area contributed by atoms with Gasteiger partial charge in [0.25, 0.3) is 0 Å². The highest BCUT2D eigenvalue weighted by Crippen LogP contribution is 2.29. The van der Waals surface area contributed by atoms with Crippen LogP contribution in [0.3, 0.4) is 0 Å². The number of thiazole rings is 1. The molecule has 1 saturated heterocycles. The first-order valence-electron chi connectivity index (χ1n) is 9.38. The molecule has 27 heavy (non-hydrogen) atoms. The van der Waals surface area contributed by atoms with E-state index in [1.165, 1.54) is 4.88 Å². The quantitative estimate of drug-likeness (QED) is 0.610. The second kappa shape index (κ2) is 9.08. The van der Waals surface area contributed by atoms with E-state index in [0.29, 0.717) is 12.6 Å². The minimum Gasteiger partial charge on any atom is -0.495 e. The number of nitrogens with zero attached hydrogens (tertiary/aromatic N) is 3. The topological polar surface area (TPSA) is 61.8 Å². The van der Waals surface area contributed by atoms with Crippen LogP contribution in [0, 0.1) is 13.8 Å². The minimum atomic E-state index is 0.342. The molecule has 1 fully saturated rings. The number of guanidine groups is 1. The molecule has 7 heteroatoms. The molecule has 2 aromatic rings. The highest BCUT2D eigenvalue weighted by atomic mass is 32.1. The normalized spacial score (nSPS) is 17.7. The van der Waals surface area contributed by atoms with Crippen LogP contribution in [0.25, 0.3) is 0 Å². The van der Waals surface area contributed by atoms with E-state index in [1.54, 1.807) is 18.4 Å². The maximum atomic E-state index is 5.53. The summed E-state index contributed by atoms with van der Waals surface area (Å²) in [4.78, 5) is 12.6. The molecule has 0 amide bonds. The first kappa shape index (κ1) is 19.5. The number of hydrogen-bond acceptors (Lipinski definition) is 5. The Kier molecular flexibility index (Phi) is 6.55. The number of aryl methyl sites for hydroxylation is 2.